The van der Waals surface area contributed by atoms with Crippen LogP contribution in [0.2, 0.25) is 0 Å². The van der Waals surface area contributed by atoms with E-state index in [9.17, 15) is 4.79 Å². The maximum absolute atomic E-state index is 13.6. The van der Waals surface area contributed by atoms with Crippen LogP contribution in [0.15, 0.2) is 54.6 Å². The zero-order valence-electron chi connectivity index (χ0n) is 18.1. The van der Waals surface area contributed by atoms with E-state index in [4.69, 9.17) is 9.57 Å². The zero-order chi connectivity index (χ0) is 21.3. The number of carbonyl (C=O) groups is 1. The van der Waals surface area contributed by atoms with Crippen LogP contribution in [0.25, 0.3) is 11.3 Å². The molecular formula is C24H31N3O3. The molecule has 1 N–H and O–H groups in total. The highest BCUT2D eigenvalue weighted by Crippen LogP contribution is 2.31. The molecule has 0 atom stereocenters. The van der Waals surface area contributed by atoms with Crippen LogP contribution in [0.1, 0.15) is 50.7 Å². The quantitative estimate of drug-likeness (QED) is 0.579. The first kappa shape index (κ1) is 21.9. The van der Waals surface area contributed by atoms with Gasteiger partial charge in [-0.15, -0.1) is 10.3 Å². The Morgan fingerprint density at radius 1 is 0.900 bits per heavy atom. The molecule has 6 nitrogen and oxygen atoms in total. The van der Waals surface area contributed by atoms with Gasteiger partial charge in [-0.1, -0.05) is 56.5 Å². The number of ether oxygens (including phenoxy) is 1. The number of methoxy groups -OCH3 is 1. The summed E-state index contributed by atoms with van der Waals surface area (Å²) in [5, 5.41) is 3.08. The Bertz CT molecular complexity index is 850. The third-order valence-corrected chi connectivity index (χ3v) is 5.05. The van der Waals surface area contributed by atoms with Crippen molar-refractivity contribution in [2.24, 2.45) is 0 Å². The minimum Gasteiger partial charge on any atom is -0.497 e. The van der Waals surface area contributed by atoms with Crippen LogP contribution in [0, 0.1) is 0 Å². The molecule has 1 amide bonds. The number of hydrogen-bond donors (Lipinski definition) is 1. The lowest BCUT2D eigenvalue weighted by Crippen LogP contribution is -2.56. The molecule has 0 aromatic heterocycles. The van der Waals surface area contributed by atoms with E-state index in [0.717, 1.165) is 41.8 Å². The number of rotatable bonds is 10. The van der Waals surface area contributed by atoms with Gasteiger partial charge in [0.1, 0.15) is 5.75 Å². The molecule has 0 spiro atoms. The molecule has 1 heterocycles. The van der Waals surface area contributed by atoms with Crippen molar-refractivity contribution in [1.29, 1.82) is 0 Å². The Morgan fingerprint density at radius 2 is 1.63 bits per heavy atom. The van der Waals surface area contributed by atoms with Crippen molar-refractivity contribution >= 4 is 17.2 Å². The molecular weight excluding hydrogens is 378 g/mol. The highest BCUT2D eigenvalue weighted by atomic mass is 16.7. The van der Waals surface area contributed by atoms with E-state index < -0.39 is 0 Å². The molecule has 2 aromatic carbocycles. The first-order valence-corrected chi connectivity index (χ1v) is 10.6. The minimum atomic E-state index is -0.178. The summed E-state index contributed by atoms with van der Waals surface area (Å²) in [6.45, 7) is 5.23. The van der Waals surface area contributed by atoms with Gasteiger partial charge < -0.3 is 4.74 Å². The van der Waals surface area contributed by atoms with E-state index in [1.54, 1.807) is 12.2 Å². The highest BCUT2D eigenvalue weighted by Gasteiger charge is 2.34. The molecule has 0 bridgehead atoms. The van der Waals surface area contributed by atoms with Gasteiger partial charge >= 0.3 is 0 Å². The summed E-state index contributed by atoms with van der Waals surface area (Å²) < 4.78 is 5.28. The fraction of sp³-hybridized carbons (Fsp3) is 0.375. The lowest BCUT2D eigenvalue weighted by molar-refractivity contribution is -0.276. The van der Waals surface area contributed by atoms with Crippen LogP contribution in [0.4, 0.5) is 0 Å². The Hall–Kier alpha value is -2.83. The summed E-state index contributed by atoms with van der Waals surface area (Å²) in [7, 11) is 1.64. The number of nitrogens with one attached hydrogen (secondary N) is 1. The van der Waals surface area contributed by atoms with Gasteiger partial charge in [-0.05, 0) is 43.2 Å². The second kappa shape index (κ2) is 10.8. The van der Waals surface area contributed by atoms with Crippen LogP contribution in [0.3, 0.4) is 0 Å². The smallest absolute Gasteiger partial charge is 0.297 e. The molecule has 2 aromatic rings. The molecule has 3 rings (SSSR count). The van der Waals surface area contributed by atoms with Gasteiger partial charge in [0.15, 0.2) is 0 Å². The summed E-state index contributed by atoms with van der Waals surface area (Å²) in [5.74, 6) is 0.593. The third-order valence-electron chi connectivity index (χ3n) is 5.05. The van der Waals surface area contributed by atoms with Crippen LogP contribution in [0.5, 0.6) is 5.75 Å². The Kier molecular flexibility index (Phi) is 7.88. The number of hydrazine groups is 2. The summed E-state index contributed by atoms with van der Waals surface area (Å²) in [4.78, 5) is 19.5. The summed E-state index contributed by atoms with van der Waals surface area (Å²) >= 11 is 0. The van der Waals surface area contributed by atoms with Crippen molar-refractivity contribution in [3.05, 3.63) is 65.7 Å². The SMILES string of the molecule is CCCCCCON1C(=O)C(c2ccccc2)=C(c2ccc(OC)cc2)NN1CC. The van der Waals surface area contributed by atoms with E-state index in [-0.39, 0.29) is 5.91 Å². The van der Waals surface area contributed by atoms with Gasteiger partial charge in [-0.2, -0.15) is 0 Å². The van der Waals surface area contributed by atoms with Gasteiger partial charge in [0.05, 0.1) is 25.0 Å². The molecule has 1 aliphatic heterocycles. The van der Waals surface area contributed by atoms with Crippen molar-refractivity contribution in [2.75, 3.05) is 20.3 Å². The second-order valence-electron chi connectivity index (χ2n) is 7.14. The number of nitrogens with zero attached hydrogens (tertiary/aromatic N) is 2. The number of carbonyl (C=O) groups excluding carboxylic acids is 1. The molecule has 1 aliphatic rings. The minimum absolute atomic E-state index is 0.178. The van der Waals surface area contributed by atoms with Crippen molar-refractivity contribution < 1.29 is 14.4 Å². The first-order chi connectivity index (χ1) is 14.7. The van der Waals surface area contributed by atoms with Gasteiger partial charge in [-0.3, -0.25) is 15.1 Å². The summed E-state index contributed by atoms with van der Waals surface area (Å²) in [6, 6.07) is 17.4. The van der Waals surface area contributed by atoms with E-state index in [0.29, 0.717) is 18.7 Å². The van der Waals surface area contributed by atoms with Gasteiger partial charge in [0.2, 0.25) is 0 Å². The average molecular weight is 410 g/mol. The molecule has 0 saturated heterocycles. The van der Waals surface area contributed by atoms with Gasteiger partial charge in [-0.25, -0.2) is 0 Å². The van der Waals surface area contributed by atoms with Crippen molar-refractivity contribution in [3.63, 3.8) is 0 Å². The number of benzene rings is 2. The predicted molar refractivity (Wildman–Crippen MR) is 119 cm³/mol. The van der Waals surface area contributed by atoms with Gasteiger partial charge in [0.25, 0.3) is 5.91 Å². The van der Waals surface area contributed by atoms with E-state index in [1.807, 2.05) is 61.5 Å². The van der Waals surface area contributed by atoms with Crippen molar-refractivity contribution in [3.8, 4) is 5.75 Å². The topological polar surface area (TPSA) is 54.0 Å². The molecule has 0 saturated carbocycles. The number of hydroxylamine groups is 1. The lowest BCUT2D eigenvalue weighted by atomic mass is 9.98. The molecule has 0 radical (unpaired) electrons. The largest absolute Gasteiger partial charge is 0.497 e. The standard InChI is InChI=1S/C24H31N3O3/c1-4-6-7-11-18-30-27-24(28)22(19-12-9-8-10-13-19)23(25-26(27)5-2)20-14-16-21(29-3)17-15-20/h8-10,12-17,25H,4-7,11,18H2,1-3H3. The Balaban J connectivity index is 1.95. The van der Waals surface area contributed by atoms with Crippen LogP contribution in [-0.2, 0) is 9.63 Å². The molecule has 160 valence electrons. The molecule has 6 heteroatoms. The first-order valence-electron chi connectivity index (χ1n) is 10.6. The second-order valence-corrected chi connectivity index (χ2v) is 7.14. The number of unbranched alkanes of at least 4 members (excludes halogenated alkanes) is 3. The van der Waals surface area contributed by atoms with Crippen molar-refractivity contribution in [1.82, 2.24) is 15.7 Å². The fourth-order valence-corrected chi connectivity index (χ4v) is 3.40. The van der Waals surface area contributed by atoms with E-state index in [1.165, 1.54) is 11.6 Å². The molecule has 0 fully saturated rings. The van der Waals surface area contributed by atoms with Crippen LogP contribution < -0.4 is 10.2 Å². The van der Waals surface area contributed by atoms with Crippen LogP contribution in [-0.4, -0.2) is 36.5 Å². The van der Waals surface area contributed by atoms with Crippen molar-refractivity contribution in [2.45, 2.75) is 39.5 Å². The predicted octanol–water partition coefficient (Wildman–Crippen LogP) is 4.66. The van der Waals surface area contributed by atoms with Crippen LogP contribution >= 0.6 is 0 Å². The molecule has 0 aliphatic carbocycles. The maximum Gasteiger partial charge on any atom is 0.297 e. The van der Waals surface area contributed by atoms with E-state index >= 15 is 0 Å². The highest BCUT2D eigenvalue weighted by molar-refractivity contribution is 6.26. The van der Waals surface area contributed by atoms with E-state index in [2.05, 4.69) is 12.3 Å². The Labute approximate surface area is 179 Å². The lowest BCUT2D eigenvalue weighted by Gasteiger charge is -2.39. The number of hydrogen-bond acceptors (Lipinski definition) is 5. The normalized spacial score (nSPS) is 14.8. The third kappa shape index (κ3) is 5.01. The fourth-order valence-electron chi connectivity index (χ4n) is 3.40. The monoisotopic (exact) mass is 409 g/mol. The molecule has 0 unspecified atom stereocenters. The van der Waals surface area contributed by atoms with Gasteiger partial charge in [0, 0.05) is 12.1 Å². The summed E-state index contributed by atoms with van der Waals surface area (Å²) in [5.41, 5.74) is 6.47. The summed E-state index contributed by atoms with van der Waals surface area (Å²) in [6.07, 6.45) is 4.35. The average Bonchev–Trinajstić information content (AvgIpc) is 2.80. The molecule has 30 heavy (non-hydrogen) atoms. The maximum atomic E-state index is 13.6. The number of amides is 1. The Morgan fingerprint density at radius 3 is 2.27 bits per heavy atom. The zero-order valence-corrected chi connectivity index (χ0v) is 18.1.